The van der Waals surface area contributed by atoms with E-state index in [4.69, 9.17) is 37.9 Å². The van der Waals surface area contributed by atoms with Gasteiger partial charge < -0.3 is 37.9 Å². The Hall–Kier alpha value is -5.94. The fraction of sp³-hybridized carbons (Fsp3) is 0.250. The van der Waals surface area contributed by atoms with Crippen LogP contribution in [0.3, 0.4) is 0 Å². The second-order valence-electron chi connectivity index (χ2n) is 10.4. The molecule has 0 radical (unpaired) electrons. The molecule has 0 spiro atoms. The van der Waals surface area contributed by atoms with Crippen molar-refractivity contribution in [2.24, 2.45) is 0 Å². The van der Waals surface area contributed by atoms with Crippen molar-refractivity contribution in [3.63, 3.8) is 0 Å². The summed E-state index contributed by atoms with van der Waals surface area (Å²) in [5, 5.41) is 0. The third kappa shape index (κ3) is 6.55. The maximum absolute atomic E-state index is 13.0. The Balaban J connectivity index is 1.39. The van der Waals surface area contributed by atoms with Gasteiger partial charge >= 0.3 is 24.3 Å². The normalized spacial score (nSPS) is 13.2. The number of aromatic nitrogens is 2. The van der Waals surface area contributed by atoms with E-state index in [-0.39, 0.29) is 81.5 Å². The van der Waals surface area contributed by atoms with E-state index in [2.05, 4.69) is 9.97 Å². The van der Waals surface area contributed by atoms with E-state index in [0.29, 0.717) is 12.1 Å². The fourth-order valence-corrected chi connectivity index (χ4v) is 5.07. The van der Waals surface area contributed by atoms with Crippen LogP contribution in [-0.4, -0.2) is 49.7 Å². The molecule has 0 atom stereocenters. The number of pyridine rings is 2. The van der Waals surface area contributed by atoms with Crippen LogP contribution < -0.4 is 28.4 Å². The molecule has 6 rings (SSSR count). The molecule has 262 valence electrons. The molecule has 0 fully saturated rings. The number of hydrogen-bond acceptors (Lipinski definition) is 12. The average Bonchev–Trinajstić information content (AvgIpc) is 3.79. The average molecular weight is 709 g/mol. The van der Waals surface area contributed by atoms with Crippen molar-refractivity contribution < 1.29 is 73.8 Å². The molecule has 2 aliphatic rings. The molecule has 2 aromatic carbocycles. The Labute approximate surface area is 277 Å². The first kappa shape index (κ1) is 33.9. The molecule has 4 heterocycles. The van der Waals surface area contributed by atoms with Gasteiger partial charge in [-0.1, -0.05) is 0 Å². The summed E-state index contributed by atoms with van der Waals surface area (Å²) in [4.78, 5) is 32.4. The molecule has 0 saturated carbocycles. The third-order valence-corrected chi connectivity index (χ3v) is 7.37. The smallest absolute Gasteiger partial charge is 0.433 e. The Morgan fingerprint density at radius 1 is 0.640 bits per heavy atom. The molecular weight excluding hydrogens is 686 g/mol. The van der Waals surface area contributed by atoms with E-state index >= 15 is 0 Å². The minimum absolute atomic E-state index is 0.106. The molecular formula is C32H22F6N2O10. The van der Waals surface area contributed by atoms with Gasteiger partial charge in [-0.3, -0.25) is 9.97 Å². The molecule has 0 amide bonds. The van der Waals surface area contributed by atoms with Crippen molar-refractivity contribution in [3.8, 4) is 45.6 Å². The van der Waals surface area contributed by atoms with Crippen LogP contribution in [0, 0.1) is 0 Å². The second kappa shape index (κ2) is 13.2. The highest BCUT2D eigenvalue weighted by Crippen LogP contribution is 2.57. The van der Waals surface area contributed by atoms with Crippen molar-refractivity contribution in [1.29, 1.82) is 0 Å². The molecule has 0 unspecified atom stereocenters. The van der Waals surface area contributed by atoms with Crippen LogP contribution >= 0.6 is 0 Å². The first-order valence-corrected chi connectivity index (χ1v) is 14.2. The van der Waals surface area contributed by atoms with Gasteiger partial charge in [0.1, 0.15) is 24.6 Å². The summed E-state index contributed by atoms with van der Waals surface area (Å²) >= 11 is 0. The lowest BCUT2D eigenvalue weighted by Crippen LogP contribution is -2.12. The van der Waals surface area contributed by atoms with E-state index in [1.807, 2.05) is 0 Å². The van der Waals surface area contributed by atoms with E-state index < -0.39 is 48.9 Å². The van der Waals surface area contributed by atoms with Crippen LogP contribution in [0.25, 0.3) is 11.1 Å². The third-order valence-electron chi connectivity index (χ3n) is 7.37. The minimum atomic E-state index is -4.72. The maximum Gasteiger partial charge on any atom is 0.433 e. The van der Waals surface area contributed by atoms with Crippen molar-refractivity contribution in [3.05, 3.63) is 82.4 Å². The van der Waals surface area contributed by atoms with Gasteiger partial charge in [-0.2, -0.15) is 26.3 Å². The maximum atomic E-state index is 13.0. The highest BCUT2D eigenvalue weighted by molar-refractivity contribution is 5.91. The molecule has 50 heavy (non-hydrogen) atoms. The van der Waals surface area contributed by atoms with Gasteiger partial charge in [0, 0.05) is 34.6 Å². The minimum Gasteiger partial charge on any atom is -0.493 e. The number of ether oxygens (including phenoxy) is 8. The molecule has 0 N–H and O–H groups in total. The van der Waals surface area contributed by atoms with Crippen LogP contribution in [0.15, 0.2) is 48.8 Å². The molecule has 12 nitrogen and oxygen atoms in total. The lowest BCUT2D eigenvalue weighted by molar-refractivity contribution is -0.142. The lowest BCUT2D eigenvalue weighted by atomic mass is 9.92. The largest absolute Gasteiger partial charge is 0.493 e. The Bertz CT molecular complexity index is 1810. The quantitative estimate of drug-likeness (QED) is 0.141. The zero-order valence-electron chi connectivity index (χ0n) is 25.7. The van der Waals surface area contributed by atoms with Crippen LogP contribution in [0.2, 0.25) is 0 Å². The number of hydrogen-bond donors (Lipinski definition) is 0. The number of carbonyl (C=O) groups is 2. The number of benzene rings is 2. The number of carbonyl (C=O) groups excluding carboxylic acids is 2. The van der Waals surface area contributed by atoms with E-state index in [1.54, 1.807) is 0 Å². The molecule has 18 heteroatoms. The number of methoxy groups -OCH3 is 2. The summed E-state index contributed by atoms with van der Waals surface area (Å²) in [6.07, 6.45) is -7.98. The molecule has 0 bridgehead atoms. The van der Waals surface area contributed by atoms with Crippen molar-refractivity contribution in [2.75, 3.05) is 27.8 Å². The van der Waals surface area contributed by atoms with Gasteiger partial charge in [-0.25, -0.2) is 9.59 Å². The zero-order valence-corrected chi connectivity index (χ0v) is 25.7. The van der Waals surface area contributed by atoms with E-state index in [1.165, 1.54) is 26.4 Å². The number of halogens is 6. The predicted octanol–water partition coefficient (Wildman–Crippen LogP) is 6.37. The Kier molecular flexibility index (Phi) is 8.94. The summed E-state index contributed by atoms with van der Waals surface area (Å²) in [5.74, 6) is -1.14. The first-order chi connectivity index (χ1) is 23.8. The number of nitrogens with zero attached hydrogens (tertiary/aromatic N) is 2. The van der Waals surface area contributed by atoms with Crippen LogP contribution in [-0.2, 0) is 35.0 Å². The van der Waals surface area contributed by atoms with Crippen LogP contribution in [0.5, 0.6) is 34.5 Å². The summed E-state index contributed by atoms with van der Waals surface area (Å²) < 4.78 is 123. The van der Waals surface area contributed by atoms with E-state index in [0.717, 1.165) is 24.5 Å². The SMILES string of the molecule is COc1cc(COC(=O)c2ccc(C(F)(F)F)nc2)c(-c2c(COC(=O)c3ccc(C(F)(F)F)nc3)cc(OC)c3c2OCO3)c2c1OCO2. The van der Waals surface area contributed by atoms with Crippen LogP contribution in [0.4, 0.5) is 26.3 Å². The zero-order chi connectivity index (χ0) is 35.8. The predicted molar refractivity (Wildman–Crippen MR) is 154 cm³/mol. The van der Waals surface area contributed by atoms with Gasteiger partial charge in [0.05, 0.1) is 25.3 Å². The van der Waals surface area contributed by atoms with Gasteiger partial charge in [0.25, 0.3) is 0 Å². The molecule has 0 aliphatic carbocycles. The molecule has 4 aromatic rings. The van der Waals surface area contributed by atoms with Gasteiger partial charge in [0.15, 0.2) is 23.0 Å². The standard InChI is InChI=1S/C32H22F6N2O10/c1-43-19-7-17(11-45-29(41)15-3-5-21(39-9-15)31(33,34)35)23(27-25(19)47-13-49-27)24-18(8-20(44-2)26-28(24)50-14-48-26)12-46-30(42)16-4-6-22(40-10-16)32(36,37)38/h3-10H,11-14H2,1-2H3. The van der Waals surface area contributed by atoms with Crippen LogP contribution in [0.1, 0.15) is 43.2 Å². The monoisotopic (exact) mass is 708 g/mol. The number of rotatable bonds is 9. The fourth-order valence-electron chi connectivity index (χ4n) is 5.07. The molecule has 2 aliphatic heterocycles. The van der Waals surface area contributed by atoms with Crippen molar-refractivity contribution >= 4 is 11.9 Å². The second-order valence-corrected chi connectivity index (χ2v) is 10.4. The summed E-state index contributed by atoms with van der Waals surface area (Å²) in [6, 6.07) is 6.04. The highest BCUT2D eigenvalue weighted by Gasteiger charge is 2.36. The number of esters is 2. The first-order valence-electron chi connectivity index (χ1n) is 14.2. The summed E-state index contributed by atoms with van der Waals surface area (Å²) in [6.45, 7) is -1.50. The van der Waals surface area contributed by atoms with Crippen molar-refractivity contribution in [1.82, 2.24) is 9.97 Å². The number of alkyl halides is 6. The number of fused-ring (bicyclic) bond motifs is 2. The van der Waals surface area contributed by atoms with Gasteiger partial charge in [-0.15, -0.1) is 0 Å². The Morgan fingerprint density at radius 2 is 1.02 bits per heavy atom. The van der Waals surface area contributed by atoms with Gasteiger partial charge in [-0.05, 0) is 36.4 Å². The lowest BCUT2D eigenvalue weighted by Gasteiger charge is -2.20. The summed E-state index contributed by atoms with van der Waals surface area (Å²) in [7, 11) is 2.70. The highest BCUT2D eigenvalue weighted by atomic mass is 19.4. The Morgan fingerprint density at radius 3 is 1.34 bits per heavy atom. The van der Waals surface area contributed by atoms with Crippen molar-refractivity contribution in [2.45, 2.75) is 25.6 Å². The van der Waals surface area contributed by atoms with Gasteiger partial charge in [0.2, 0.25) is 25.1 Å². The molecule has 0 saturated heterocycles. The topological polar surface area (TPSA) is 134 Å². The summed E-state index contributed by atoms with van der Waals surface area (Å²) in [5.41, 5.74) is -2.06. The van der Waals surface area contributed by atoms with E-state index in [9.17, 15) is 35.9 Å². The molecule has 2 aromatic heterocycles.